The molecule has 112 valence electrons. The Kier molecular flexibility index (Phi) is 4.88. The molecule has 1 atom stereocenters. The number of aromatic hydroxyl groups is 1. The predicted octanol–water partition coefficient (Wildman–Crippen LogP) is 2.62. The number of benzene rings is 1. The van der Waals surface area contributed by atoms with Gasteiger partial charge in [0, 0.05) is 7.11 Å². The van der Waals surface area contributed by atoms with Crippen molar-refractivity contribution in [1.29, 1.82) is 0 Å². The lowest BCUT2D eigenvalue weighted by molar-refractivity contribution is 0.166. The van der Waals surface area contributed by atoms with Gasteiger partial charge in [0.25, 0.3) is 0 Å². The summed E-state index contributed by atoms with van der Waals surface area (Å²) in [6, 6.07) is 3.78. The summed E-state index contributed by atoms with van der Waals surface area (Å²) in [4.78, 5) is 0. The molecule has 5 heteroatoms. The number of hydrogen-bond donors (Lipinski definition) is 2. The van der Waals surface area contributed by atoms with Crippen LogP contribution in [0.3, 0.4) is 0 Å². The summed E-state index contributed by atoms with van der Waals surface area (Å²) in [5, 5.41) is 20.0. The minimum absolute atomic E-state index is 0.225. The fraction of sp³-hybridized carbons (Fsp3) is 0.375. The van der Waals surface area contributed by atoms with Gasteiger partial charge in [0.05, 0.1) is 12.7 Å². The first-order valence-corrected chi connectivity index (χ1v) is 6.94. The molecule has 0 amide bonds. The number of aryl methyl sites for hydroxylation is 2. The van der Waals surface area contributed by atoms with Crippen LogP contribution in [0.25, 0.3) is 0 Å². The molecule has 0 saturated carbocycles. The van der Waals surface area contributed by atoms with E-state index in [1.165, 1.54) is 0 Å². The number of rotatable bonds is 4. The minimum atomic E-state index is -0.999. The van der Waals surface area contributed by atoms with Gasteiger partial charge in [-0.1, -0.05) is 12.7 Å². The summed E-state index contributed by atoms with van der Waals surface area (Å²) < 4.78 is 10.7. The Morgan fingerprint density at radius 2 is 2.05 bits per heavy atom. The van der Waals surface area contributed by atoms with Crippen molar-refractivity contribution in [3.8, 4) is 5.75 Å². The molecule has 1 heterocycles. The van der Waals surface area contributed by atoms with E-state index in [1.54, 1.807) is 7.11 Å². The maximum absolute atomic E-state index is 10.1. The zero-order valence-corrected chi connectivity index (χ0v) is 12.7. The van der Waals surface area contributed by atoms with Gasteiger partial charge in [0.2, 0.25) is 0 Å². The summed E-state index contributed by atoms with van der Waals surface area (Å²) in [6.45, 7) is 7.97. The van der Waals surface area contributed by atoms with Crippen molar-refractivity contribution in [3.05, 3.63) is 52.5 Å². The molecule has 0 aliphatic carbocycles. The topological polar surface area (TPSA) is 58.9 Å². The molecule has 0 fully saturated rings. The van der Waals surface area contributed by atoms with Gasteiger partial charge in [-0.15, -0.1) is 0 Å². The Balaban J connectivity index is 2.21. The molecule has 1 unspecified atom stereocenters. The van der Waals surface area contributed by atoms with Crippen LogP contribution < -0.4 is 0 Å². The average molecular weight is 288 g/mol. The number of phenolic OH excluding ortho intramolecular Hbond substituents is 1. The van der Waals surface area contributed by atoms with Crippen LogP contribution in [0.4, 0.5) is 0 Å². The highest BCUT2D eigenvalue weighted by Crippen LogP contribution is 2.34. The van der Waals surface area contributed by atoms with Gasteiger partial charge in [-0.2, -0.15) is 0 Å². The number of methoxy groups -OCH3 is 1. The van der Waals surface area contributed by atoms with Crippen molar-refractivity contribution in [1.82, 2.24) is 0 Å². The Hall–Kier alpha value is -1.56. The van der Waals surface area contributed by atoms with E-state index >= 15 is 0 Å². The highest BCUT2D eigenvalue weighted by molar-refractivity contribution is 6.54. The van der Waals surface area contributed by atoms with Crippen LogP contribution in [0.1, 0.15) is 29.2 Å². The molecular formula is C16H21BO4. The van der Waals surface area contributed by atoms with Crippen molar-refractivity contribution in [2.24, 2.45) is 0 Å². The van der Waals surface area contributed by atoms with Crippen LogP contribution in [-0.2, 0) is 9.39 Å². The van der Waals surface area contributed by atoms with E-state index in [0.29, 0.717) is 24.2 Å². The first-order valence-electron chi connectivity index (χ1n) is 6.94. The van der Waals surface area contributed by atoms with Crippen LogP contribution in [-0.4, -0.2) is 31.0 Å². The molecule has 4 nitrogen and oxygen atoms in total. The molecule has 0 aromatic heterocycles. The van der Waals surface area contributed by atoms with Gasteiger partial charge in [0.1, 0.15) is 5.75 Å². The van der Waals surface area contributed by atoms with Crippen molar-refractivity contribution in [2.45, 2.75) is 26.4 Å². The Morgan fingerprint density at radius 3 is 2.57 bits per heavy atom. The molecule has 1 aliphatic heterocycles. The summed E-state index contributed by atoms with van der Waals surface area (Å²) >= 11 is 0. The second-order valence-electron chi connectivity index (χ2n) is 5.41. The zero-order valence-electron chi connectivity index (χ0n) is 12.7. The third-order valence-electron chi connectivity index (χ3n) is 3.72. The van der Waals surface area contributed by atoms with E-state index in [2.05, 4.69) is 6.58 Å². The minimum Gasteiger partial charge on any atom is -0.507 e. The van der Waals surface area contributed by atoms with Crippen LogP contribution >= 0.6 is 0 Å². The van der Waals surface area contributed by atoms with Crippen molar-refractivity contribution >= 4 is 7.12 Å². The van der Waals surface area contributed by atoms with Gasteiger partial charge in [-0.05, 0) is 60.1 Å². The molecule has 0 saturated heterocycles. The first-order chi connectivity index (χ1) is 9.93. The van der Waals surface area contributed by atoms with Crippen molar-refractivity contribution < 1.29 is 19.5 Å². The third-order valence-corrected chi connectivity index (χ3v) is 3.72. The molecule has 2 N–H and O–H groups in total. The lowest BCUT2D eigenvalue weighted by atomic mass is 9.71. The molecule has 1 aliphatic rings. The van der Waals surface area contributed by atoms with E-state index < -0.39 is 7.12 Å². The highest BCUT2D eigenvalue weighted by Gasteiger charge is 2.30. The highest BCUT2D eigenvalue weighted by atomic mass is 16.5. The summed E-state index contributed by atoms with van der Waals surface area (Å²) in [5.74, 6) is 0.305. The normalized spacial score (nSPS) is 18.6. The van der Waals surface area contributed by atoms with Gasteiger partial charge in [-0.3, -0.25) is 0 Å². The van der Waals surface area contributed by atoms with Gasteiger partial charge in [-0.25, -0.2) is 0 Å². The van der Waals surface area contributed by atoms with Crippen molar-refractivity contribution in [2.75, 3.05) is 13.7 Å². The fourth-order valence-electron chi connectivity index (χ4n) is 2.59. The first kappa shape index (κ1) is 15.8. The fourth-order valence-corrected chi connectivity index (χ4v) is 2.59. The second kappa shape index (κ2) is 6.47. The number of phenols is 1. The Labute approximate surface area is 125 Å². The van der Waals surface area contributed by atoms with Gasteiger partial charge in [0.15, 0.2) is 0 Å². The molecule has 0 radical (unpaired) electrons. The van der Waals surface area contributed by atoms with E-state index in [0.717, 1.165) is 22.3 Å². The lowest BCUT2D eigenvalue weighted by Crippen LogP contribution is -2.29. The standard InChI is InChI=1S/C16H21BO4/c1-10-7-13(8-11(2)16(10)18)15-6-5-14(17(19)21-15)12(3)9-20-4/h5,7-8,15,18-19H,3,6,9H2,1-2,4H3. The van der Waals surface area contributed by atoms with Gasteiger partial charge >= 0.3 is 7.12 Å². The molecule has 0 bridgehead atoms. The summed E-state index contributed by atoms with van der Waals surface area (Å²) in [6.07, 6.45) is 2.37. The summed E-state index contributed by atoms with van der Waals surface area (Å²) in [7, 11) is 0.591. The van der Waals surface area contributed by atoms with Crippen LogP contribution in [0.15, 0.2) is 35.8 Å². The average Bonchev–Trinajstić information content (AvgIpc) is 2.44. The van der Waals surface area contributed by atoms with Crippen LogP contribution in [0.5, 0.6) is 5.75 Å². The third kappa shape index (κ3) is 3.37. The van der Waals surface area contributed by atoms with Gasteiger partial charge < -0.3 is 19.5 Å². The van der Waals surface area contributed by atoms with Crippen LogP contribution in [0, 0.1) is 13.8 Å². The van der Waals surface area contributed by atoms with Crippen LogP contribution in [0.2, 0.25) is 0 Å². The molecule has 1 aromatic rings. The van der Waals surface area contributed by atoms with E-state index in [-0.39, 0.29) is 6.10 Å². The van der Waals surface area contributed by atoms with E-state index in [9.17, 15) is 10.1 Å². The Bertz CT molecular complexity index is 557. The molecule has 21 heavy (non-hydrogen) atoms. The van der Waals surface area contributed by atoms with E-state index in [1.807, 2.05) is 32.1 Å². The molecule has 0 spiro atoms. The second-order valence-corrected chi connectivity index (χ2v) is 5.41. The maximum Gasteiger partial charge on any atom is 0.491 e. The lowest BCUT2D eigenvalue weighted by Gasteiger charge is -2.27. The quantitative estimate of drug-likeness (QED) is 0.836. The smallest absolute Gasteiger partial charge is 0.491 e. The van der Waals surface area contributed by atoms with E-state index in [4.69, 9.17) is 9.39 Å². The Morgan fingerprint density at radius 1 is 1.43 bits per heavy atom. The number of ether oxygens (including phenoxy) is 1. The molecular weight excluding hydrogens is 267 g/mol. The molecule has 2 rings (SSSR count). The zero-order chi connectivity index (χ0) is 15.6. The summed E-state index contributed by atoms with van der Waals surface area (Å²) in [5.41, 5.74) is 3.97. The SMILES string of the molecule is C=C(COC)C1=CCC(c2cc(C)c(O)c(C)c2)OB1O. The number of hydrogen-bond acceptors (Lipinski definition) is 4. The largest absolute Gasteiger partial charge is 0.507 e. The molecule has 1 aromatic carbocycles. The predicted molar refractivity (Wildman–Crippen MR) is 83.1 cm³/mol. The monoisotopic (exact) mass is 288 g/mol. The maximum atomic E-state index is 10.1. The van der Waals surface area contributed by atoms with Crippen molar-refractivity contribution in [3.63, 3.8) is 0 Å².